The second-order valence-electron chi connectivity index (χ2n) is 4.64. The third-order valence-electron chi connectivity index (χ3n) is 3.41. The number of hydrogen-bond donors (Lipinski definition) is 0. The van der Waals surface area contributed by atoms with Gasteiger partial charge in [0.1, 0.15) is 5.75 Å². The molecule has 0 bridgehead atoms. The van der Waals surface area contributed by atoms with Gasteiger partial charge in [-0.05, 0) is 29.8 Å². The number of carbonyl (C=O) groups is 2. The summed E-state index contributed by atoms with van der Waals surface area (Å²) >= 11 is 3.35. The summed E-state index contributed by atoms with van der Waals surface area (Å²) in [4.78, 5) is 25.0. The second kappa shape index (κ2) is 5.30. The van der Waals surface area contributed by atoms with Crippen molar-refractivity contribution in [1.82, 2.24) is 0 Å². The van der Waals surface area contributed by atoms with Crippen LogP contribution in [0.3, 0.4) is 0 Å². The Labute approximate surface area is 130 Å². The Morgan fingerprint density at radius 1 is 1.00 bits per heavy atom. The number of ketones is 2. The quantitative estimate of drug-likeness (QED) is 0.830. The Hall–Kier alpha value is -2.20. The van der Waals surface area contributed by atoms with Gasteiger partial charge in [-0.1, -0.05) is 40.2 Å². The van der Waals surface area contributed by atoms with E-state index in [1.807, 2.05) is 24.3 Å². The monoisotopic (exact) mass is 342 g/mol. The summed E-state index contributed by atoms with van der Waals surface area (Å²) in [6.45, 7) is 0. The van der Waals surface area contributed by atoms with Crippen molar-refractivity contribution in [3.8, 4) is 5.75 Å². The van der Waals surface area contributed by atoms with Gasteiger partial charge in [0.05, 0.1) is 12.7 Å². The Kier molecular flexibility index (Phi) is 3.47. The molecule has 1 aliphatic carbocycles. The van der Waals surface area contributed by atoms with Crippen LogP contribution < -0.4 is 4.74 Å². The van der Waals surface area contributed by atoms with Crippen molar-refractivity contribution >= 4 is 33.1 Å². The van der Waals surface area contributed by atoms with E-state index < -0.39 is 0 Å². The predicted molar refractivity (Wildman–Crippen MR) is 83.8 cm³/mol. The van der Waals surface area contributed by atoms with E-state index in [-0.39, 0.29) is 11.6 Å². The van der Waals surface area contributed by atoms with Gasteiger partial charge < -0.3 is 4.74 Å². The van der Waals surface area contributed by atoms with Crippen molar-refractivity contribution in [3.63, 3.8) is 0 Å². The van der Waals surface area contributed by atoms with Gasteiger partial charge in [-0.2, -0.15) is 0 Å². The highest BCUT2D eigenvalue weighted by Crippen LogP contribution is 2.33. The maximum Gasteiger partial charge on any atom is 0.198 e. The molecule has 0 atom stereocenters. The highest BCUT2D eigenvalue weighted by Gasteiger charge is 2.29. The van der Waals surface area contributed by atoms with Crippen molar-refractivity contribution in [2.24, 2.45) is 0 Å². The first-order chi connectivity index (χ1) is 10.1. The van der Waals surface area contributed by atoms with Crippen LogP contribution in [0.5, 0.6) is 5.75 Å². The number of hydrogen-bond acceptors (Lipinski definition) is 3. The highest BCUT2D eigenvalue weighted by molar-refractivity contribution is 9.10. The fourth-order valence-corrected chi connectivity index (χ4v) is 2.66. The third-order valence-corrected chi connectivity index (χ3v) is 3.94. The minimum Gasteiger partial charge on any atom is -0.496 e. The summed E-state index contributed by atoms with van der Waals surface area (Å²) in [5, 5.41) is 0. The summed E-state index contributed by atoms with van der Waals surface area (Å²) < 4.78 is 6.14. The molecule has 2 aromatic carbocycles. The Bertz CT molecular complexity index is 773. The van der Waals surface area contributed by atoms with Crippen molar-refractivity contribution in [3.05, 3.63) is 69.7 Å². The van der Waals surface area contributed by atoms with E-state index >= 15 is 0 Å². The normalized spacial score (nSPS) is 13.7. The third kappa shape index (κ3) is 2.32. The Morgan fingerprint density at radius 2 is 1.71 bits per heavy atom. The molecule has 0 N–H and O–H groups in total. The summed E-state index contributed by atoms with van der Waals surface area (Å²) in [6.07, 6.45) is 1.40. The summed E-state index contributed by atoms with van der Waals surface area (Å²) in [5.41, 5.74) is 1.84. The zero-order valence-electron chi connectivity index (χ0n) is 11.2. The molecule has 0 unspecified atom stereocenters. The molecule has 0 saturated carbocycles. The summed E-state index contributed by atoms with van der Waals surface area (Å²) in [5.74, 6) is 0.0550. The molecule has 0 saturated heterocycles. The van der Waals surface area contributed by atoms with Crippen LogP contribution in [0.2, 0.25) is 0 Å². The molecule has 0 radical (unpaired) electrons. The maximum absolute atomic E-state index is 12.7. The predicted octanol–water partition coefficient (Wildman–Crippen LogP) is 3.92. The maximum atomic E-state index is 12.7. The van der Waals surface area contributed by atoms with E-state index in [0.29, 0.717) is 28.0 Å². The van der Waals surface area contributed by atoms with Gasteiger partial charge in [0.2, 0.25) is 0 Å². The van der Waals surface area contributed by atoms with Crippen LogP contribution in [0.4, 0.5) is 0 Å². The molecular formula is C17H11BrO3. The summed E-state index contributed by atoms with van der Waals surface area (Å²) in [6, 6.07) is 12.3. The smallest absolute Gasteiger partial charge is 0.198 e. The van der Waals surface area contributed by atoms with E-state index in [9.17, 15) is 9.59 Å². The van der Waals surface area contributed by atoms with Crippen molar-refractivity contribution in [2.45, 2.75) is 0 Å². The fourth-order valence-electron chi connectivity index (χ4n) is 2.39. The molecule has 0 fully saturated rings. The lowest BCUT2D eigenvalue weighted by atomic mass is 9.86. The minimum absolute atomic E-state index is 0.179. The molecule has 21 heavy (non-hydrogen) atoms. The molecule has 0 heterocycles. The zero-order valence-corrected chi connectivity index (χ0v) is 12.8. The lowest BCUT2D eigenvalue weighted by Crippen LogP contribution is -2.17. The van der Waals surface area contributed by atoms with Crippen molar-refractivity contribution in [2.75, 3.05) is 7.11 Å². The zero-order chi connectivity index (χ0) is 15.0. The molecule has 0 spiro atoms. The summed E-state index contributed by atoms with van der Waals surface area (Å²) in [7, 11) is 1.49. The molecule has 0 aliphatic heterocycles. The van der Waals surface area contributed by atoms with Crippen LogP contribution in [0, 0.1) is 0 Å². The second-order valence-corrected chi connectivity index (χ2v) is 5.56. The first-order valence-corrected chi connectivity index (χ1v) is 7.15. The van der Waals surface area contributed by atoms with Crippen LogP contribution in [-0.2, 0) is 0 Å². The first kappa shape index (κ1) is 13.8. The van der Waals surface area contributed by atoms with Gasteiger partial charge in [-0.3, -0.25) is 9.59 Å². The number of benzene rings is 2. The largest absolute Gasteiger partial charge is 0.496 e. The number of fused-ring (bicyclic) bond motifs is 1. The van der Waals surface area contributed by atoms with Crippen LogP contribution in [0.25, 0.3) is 5.57 Å². The van der Waals surface area contributed by atoms with Crippen LogP contribution >= 0.6 is 15.9 Å². The average molecular weight is 343 g/mol. The van der Waals surface area contributed by atoms with Crippen LogP contribution in [0.15, 0.2) is 53.0 Å². The average Bonchev–Trinajstić information content (AvgIpc) is 2.51. The topological polar surface area (TPSA) is 43.4 Å². The standard InChI is InChI=1S/C17H11BrO3/c1-21-15-4-2-3-12-14(19)9-13(17(20)16(12)15)10-5-7-11(18)8-6-10/h2-9H,1H3. The molecule has 3 rings (SSSR count). The highest BCUT2D eigenvalue weighted by atomic mass is 79.9. The van der Waals surface area contributed by atoms with Crippen LogP contribution in [-0.4, -0.2) is 18.7 Å². The van der Waals surface area contributed by atoms with E-state index in [1.54, 1.807) is 18.2 Å². The van der Waals surface area contributed by atoms with E-state index in [1.165, 1.54) is 13.2 Å². The van der Waals surface area contributed by atoms with Gasteiger partial charge in [0, 0.05) is 15.6 Å². The number of rotatable bonds is 2. The van der Waals surface area contributed by atoms with E-state index in [2.05, 4.69) is 15.9 Å². The number of ether oxygens (including phenoxy) is 1. The molecule has 4 heteroatoms. The van der Waals surface area contributed by atoms with E-state index in [0.717, 1.165) is 4.47 Å². The molecule has 0 aromatic heterocycles. The van der Waals surface area contributed by atoms with Gasteiger partial charge in [0.15, 0.2) is 11.6 Å². The Morgan fingerprint density at radius 3 is 2.38 bits per heavy atom. The van der Waals surface area contributed by atoms with Crippen molar-refractivity contribution in [1.29, 1.82) is 0 Å². The Balaban J connectivity index is 2.16. The number of allylic oxidation sites excluding steroid dienone is 2. The lowest BCUT2D eigenvalue weighted by molar-refractivity contribution is 0.0999. The first-order valence-electron chi connectivity index (χ1n) is 6.35. The van der Waals surface area contributed by atoms with Crippen LogP contribution in [0.1, 0.15) is 26.3 Å². The van der Waals surface area contributed by atoms with Gasteiger partial charge in [-0.15, -0.1) is 0 Å². The minimum atomic E-state index is -0.190. The molecular weight excluding hydrogens is 332 g/mol. The lowest BCUT2D eigenvalue weighted by Gasteiger charge is -2.17. The number of carbonyl (C=O) groups excluding carboxylic acids is 2. The van der Waals surface area contributed by atoms with E-state index in [4.69, 9.17) is 4.74 Å². The van der Waals surface area contributed by atoms with Gasteiger partial charge >= 0.3 is 0 Å². The molecule has 2 aromatic rings. The van der Waals surface area contributed by atoms with Gasteiger partial charge in [-0.25, -0.2) is 0 Å². The number of methoxy groups -OCH3 is 1. The number of halogens is 1. The SMILES string of the molecule is COc1cccc2c1C(=O)C(c1ccc(Br)cc1)=CC2=O. The molecule has 0 amide bonds. The van der Waals surface area contributed by atoms with Gasteiger partial charge in [0.25, 0.3) is 0 Å². The molecule has 1 aliphatic rings. The molecule has 3 nitrogen and oxygen atoms in total. The number of Topliss-reactive ketones (excluding diaryl/α,β-unsaturated/α-hetero) is 1. The molecule has 104 valence electrons. The van der Waals surface area contributed by atoms with Crippen molar-refractivity contribution < 1.29 is 14.3 Å². The fraction of sp³-hybridized carbons (Fsp3) is 0.0588.